The van der Waals surface area contributed by atoms with Crippen molar-refractivity contribution in [3.05, 3.63) is 86.7 Å². The van der Waals surface area contributed by atoms with E-state index in [2.05, 4.69) is 4.98 Å². The number of aryl methyl sites for hydroxylation is 1. The minimum absolute atomic E-state index is 0.112. The van der Waals surface area contributed by atoms with E-state index in [1.54, 1.807) is 25.1 Å². The second kappa shape index (κ2) is 9.04. The second-order valence-corrected chi connectivity index (χ2v) is 7.36. The average molecular weight is 468 g/mol. The number of nitrogens with zero attached hydrogens (tertiary/aromatic N) is 2. The number of nitrogen functional groups attached to an aromatic ring is 1. The molecule has 0 aliphatic rings. The van der Waals surface area contributed by atoms with Crippen LogP contribution in [0.5, 0.6) is 5.75 Å². The van der Waals surface area contributed by atoms with E-state index in [0.29, 0.717) is 11.3 Å². The van der Waals surface area contributed by atoms with E-state index in [0.717, 1.165) is 34.5 Å². The fraction of sp³-hybridized carbons (Fsp3) is 0.182. The second-order valence-electron chi connectivity index (χ2n) is 6.95. The van der Waals surface area contributed by atoms with Crippen LogP contribution < -0.4 is 16.2 Å². The summed E-state index contributed by atoms with van der Waals surface area (Å²) in [4.78, 5) is 15.6. The maximum Gasteiger partial charge on any atom is 0.399 e. The lowest BCUT2D eigenvalue weighted by Crippen LogP contribution is -2.24. The van der Waals surface area contributed by atoms with Gasteiger partial charge in [-0.05, 0) is 47.9 Å². The summed E-state index contributed by atoms with van der Waals surface area (Å²) in [6.07, 6.45) is -1.39. The molecule has 3 aromatic rings. The first-order valence-electron chi connectivity index (χ1n) is 9.25. The molecule has 0 radical (unpaired) electrons. The Balaban J connectivity index is 2.11. The van der Waals surface area contributed by atoms with Crippen LogP contribution in [0.4, 0.5) is 23.4 Å². The number of hydrogen-bond acceptors (Lipinski definition) is 4. The minimum atomic E-state index is -4.71. The third-order valence-electron chi connectivity index (χ3n) is 4.74. The Morgan fingerprint density at radius 3 is 2.56 bits per heavy atom. The van der Waals surface area contributed by atoms with Gasteiger partial charge in [0, 0.05) is 6.20 Å². The Morgan fingerprint density at radius 1 is 1.22 bits per heavy atom. The first-order chi connectivity index (χ1) is 15.0. The molecule has 5 nitrogen and oxygen atoms in total. The summed E-state index contributed by atoms with van der Waals surface area (Å²) in [7, 11) is 1.46. The van der Waals surface area contributed by atoms with Crippen molar-refractivity contribution in [1.82, 2.24) is 9.55 Å². The molecule has 1 atom stereocenters. The van der Waals surface area contributed by atoms with Gasteiger partial charge in [-0.25, -0.2) is 9.18 Å². The van der Waals surface area contributed by atoms with Crippen molar-refractivity contribution in [2.24, 2.45) is 0 Å². The Morgan fingerprint density at radius 2 is 1.94 bits per heavy atom. The van der Waals surface area contributed by atoms with Gasteiger partial charge in [0.2, 0.25) is 0 Å². The van der Waals surface area contributed by atoms with Gasteiger partial charge in [0.05, 0.1) is 23.7 Å². The molecule has 1 heterocycles. The smallest absolute Gasteiger partial charge is 0.399 e. The van der Waals surface area contributed by atoms with Crippen LogP contribution in [0.2, 0.25) is 5.02 Å². The quantitative estimate of drug-likeness (QED) is 0.518. The molecule has 0 amide bonds. The summed E-state index contributed by atoms with van der Waals surface area (Å²) in [5.74, 6) is -2.77. The number of anilines is 1. The molecule has 0 saturated carbocycles. The SMILES string of the molecule is COc1cc(/C=C/C(c2cc(Cl)c(F)c(-n3ccc(N)nc3=O)c2)C(F)(F)F)ccc1C. The summed E-state index contributed by atoms with van der Waals surface area (Å²) < 4.78 is 62.3. The lowest BCUT2D eigenvalue weighted by Gasteiger charge is -2.19. The van der Waals surface area contributed by atoms with E-state index in [-0.39, 0.29) is 11.4 Å². The molecule has 3 rings (SSSR count). The highest BCUT2D eigenvalue weighted by Gasteiger charge is 2.39. The van der Waals surface area contributed by atoms with Crippen molar-refractivity contribution in [3.8, 4) is 11.4 Å². The van der Waals surface area contributed by atoms with Gasteiger partial charge < -0.3 is 10.5 Å². The molecule has 0 spiro atoms. The molecule has 0 aliphatic carbocycles. The maximum atomic E-state index is 14.6. The van der Waals surface area contributed by atoms with Crippen molar-refractivity contribution >= 4 is 23.5 Å². The van der Waals surface area contributed by atoms with Gasteiger partial charge >= 0.3 is 11.9 Å². The van der Waals surface area contributed by atoms with Crippen LogP contribution in [0.15, 0.2) is 53.5 Å². The van der Waals surface area contributed by atoms with Crippen molar-refractivity contribution in [2.45, 2.75) is 19.0 Å². The highest BCUT2D eigenvalue weighted by atomic mass is 35.5. The third kappa shape index (κ3) is 4.94. The predicted molar refractivity (Wildman–Crippen MR) is 115 cm³/mol. The van der Waals surface area contributed by atoms with Crippen LogP contribution in [-0.4, -0.2) is 22.8 Å². The first-order valence-corrected chi connectivity index (χ1v) is 9.63. The first kappa shape index (κ1) is 23.3. The van der Waals surface area contributed by atoms with E-state index in [1.165, 1.54) is 19.3 Å². The van der Waals surface area contributed by atoms with Crippen LogP contribution in [0.3, 0.4) is 0 Å². The Bertz CT molecular complexity index is 1240. The molecule has 2 aromatic carbocycles. The van der Waals surface area contributed by atoms with Crippen molar-refractivity contribution < 1.29 is 22.3 Å². The summed E-state index contributed by atoms with van der Waals surface area (Å²) in [5, 5.41) is -0.569. The molecule has 0 saturated heterocycles. The van der Waals surface area contributed by atoms with Crippen molar-refractivity contribution in [3.63, 3.8) is 0 Å². The van der Waals surface area contributed by atoms with Gasteiger partial charge in [0.25, 0.3) is 0 Å². The van der Waals surface area contributed by atoms with Gasteiger partial charge in [0.15, 0.2) is 5.82 Å². The topological polar surface area (TPSA) is 70.1 Å². The number of alkyl halides is 3. The molecule has 10 heteroatoms. The van der Waals surface area contributed by atoms with Crippen molar-refractivity contribution in [2.75, 3.05) is 12.8 Å². The molecule has 1 unspecified atom stereocenters. The lowest BCUT2D eigenvalue weighted by molar-refractivity contribution is -0.139. The van der Waals surface area contributed by atoms with Gasteiger partial charge in [-0.1, -0.05) is 35.9 Å². The van der Waals surface area contributed by atoms with Crippen LogP contribution in [-0.2, 0) is 0 Å². The van der Waals surface area contributed by atoms with E-state index in [4.69, 9.17) is 22.1 Å². The zero-order valence-electron chi connectivity index (χ0n) is 17.0. The Labute approximate surface area is 185 Å². The summed E-state index contributed by atoms with van der Waals surface area (Å²) in [6, 6.07) is 7.97. The molecule has 2 N–H and O–H groups in total. The number of allylic oxidation sites excluding steroid dienone is 1. The summed E-state index contributed by atoms with van der Waals surface area (Å²) in [6.45, 7) is 1.81. The van der Waals surface area contributed by atoms with E-state index in [1.807, 2.05) is 0 Å². The van der Waals surface area contributed by atoms with Gasteiger partial charge in [-0.15, -0.1) is 0 Å². The van der Waals surface area contributed by atoms with Crippen molar-refractivity contribution in [1.29, 1.82) is 0 Å². The average Bonchev–Trinajstić information content (AvgIpc) is 2.71. The van der Waals surface area contributed by atoms with Crippen LogP contribution >= 0.6 is 11.6 Å². The maximum absolute atomic E-state index is 14.6. The largest absolute Gasteiger partial charge is 0.496 e. The van der Waals surface area contributed by atoms with E-state index in [9.17, 15) is 22.4 Å². The number of hydrogen-bond donors (Lipinski definition) is 1. The molecule has 32 heavy (non-hydrogen) atoms. The summed E-state index contributed by atoms with van der Waals surface area (Å²) >= 11 is 5.88. The number of benzene rings is 2. The number of ether oxygens (including phenoxy) is 1. The third-order valence-corrected chi connectivity index (χ3v) is 5.02. The Kier molecular flexibility index (Phi) is 6.59. The summed E-state index contributed by atoms with van der Waals surface area (Å²) in [5.41, 5.74) is 4.96. The van der Waals surface area contributed by atoms with E-state index < -0.39 is 34.3 Å². The standard InChI is InChI=1S/C22H18ClF4N3O2/c1-12-3-4-13(9-18(12)32-2)5-6-15(22(25,26)27)14-10-16(23)20(24)17(11-14)30-8-7-19(28)29-21(30)31/h3-11,15H,1-2H3,(H2,28,29,31)/b6-5+. The van der Waals surface area contributed by atoms with Gasteiger partial charge in [-0.2, -0.15) is 18.2 Å². The Hall–Kier alpha value is -3.33. The minimum Gasteiger partial charge on any atom is -0.496 e. The highest BCUT2D eigenvalue weighted by molar-refractivity contribution is 6.31. The van der Waals surface area contributed by atoms with Gasteiger partial charge in [0.1, 0.15) is 11.6 Å². The zero-order chi connectivity index (χ0) is 23.6. The number of nitrogens with two attached hydrogens (primary N) is 1. The normalized spacial score (nSPS) is 12.8. The fourth-order valence-corrected chi connectivity index (χ4v) is 3.33. The molecule has 0 fully saturated rings. The van der Waals surface area contributed by atoms with Crippen LogP contribution in [0.1, 0.15) is 22.6 Å². The molecule has 168 valence electrons. The van der Waals surface area contributed by atoms with Crippen LogP contribution in [0, 0.1) is 12.7 Å². The zero-order valence-corrected chi connectivity index (χ0v) is 17.7. The fourth-order valence-electron chi connectivity index (χ4n) is 3.11. The molecular formula is C22H18ClF4N3O2. The predicted octanol–water partition coefficient (Wildman–Crippen LogP) is 5.28. The number of rotatable bonds is 5. The molecular weight excluding hydrogens is 450 g/mol. The molecule has 0 bridgehead atoms. The lowest BCUT2D eigenvalue weighted by atomic mass is 9.96. The number of methoxy groups -OCH3 is 1. The van der Waals surface area contributed by atoms with E-state index >= 15 is 0 Å². The molecule has 0 aliphatic heterocycles. The van der Waals surface area contributed by atoms with Gasteiger partial charge in [-0.3, -0.25) is 4.57 Å². The van der Waals surface area contributed by atoms with Crippen LogP contribution in [0.25, 0.3) is 11.8 Å². The molecule has 1 aromatic heterocycles. The highest BCUT2D eigenvalue weighted by Crippen LogP contribution is 2.39. The monoisotopic (exact) mass is 467 g/mol. The number of halogens is 5. The number of aromatic nitrogens is 2.